The van der Waals surface area contributed by atoms with Crippen LogP contribution in [0.15, 0.2) is 0 Å². The quantitative estimate of drug-likeness (QED) is 0.665. The lowest BCUT2D eigenvalue weighted by Gasteiger charge is -2.37. The van der Waals surface area contributed by atoms with Crippen molar-refractivity contribution in [2.45, 2.75) is 70.8 Å². The van der Waals surface area contributed by atoms with E-state index in [1.807, 2.05) is 0 Å². The SMILES string of the molecule is CCCCC(CC)COC(=O)CC1(N)CCC1. The van der Waals surface area contributed by atoms with Crippen LogP contribution in [0.4, 0.5) is 0 Å². The van der Waals surface area contributed by atoms with Crippen molar-refractivity contribution in [3.8, 4) is 0 Å². The highest BCUT2D eigenvalue weighted by atomic mass is 16.5. The second-order valence-corrected chi connectivity index (χ2v) is 5.49. The maximum Gasteiger partial charge on any atom is 0.307 e. The number of esters is 1. The second kappa shape index (κ2) is 7.00. The van der Waals surface area contributed by atoms with Gasteiger partial charge >= 0.3 is 5.97 Å². The normalized spacial score (nSPS) is 19.5. The van der Waals surface area contributed by atoms with E-state index in [4.69, 9.17) is 10.5 Å². The molecular weight excluding hydrogens is 214 g/mol. The molecule has 0 aromatic heterocycles. The third-order valence-corrected chi connectivity index (χ3v) is 3.87. The Morgan fingerprint density at radius 1 is 1.41 bits per heavy atom. The number of carbonyl (C=O) groups is 1. The van der Waals surface area contributed by atoms with E-state index < -0.39 is 0 Å². The molecule has 17 heavy (non-hydrogen) atoms. The Kier molecular flexibility index (Phi) is 5.96. The molecule has 0 bridgehead atoms. The van der Waals surface area contributed by atoms with E-state index in [0.29, 0.717) is 18.9 Å². The smallest absolute Gasteiger partial charge is 0.307 e. The monoisotopic (exact) mass is 241 g/mol. The lowest BCUT2D eigenvalue weighted by atomic mass is 9.75. The highest BCUT2D eigenvalue weighted by Crippen LogP contribution is 2.32. The Labute approximate surface area is 105 Å². The summed E-state index contributed by atoms with van der Waals surface area (Å²) in [6.45, 7) is 4.92. The summed E-state index contributed by atoms with van der Waals surface area (Å²) in [6.07, 6.45) is 8.15. The van der Waals surface area contributed by atoms with Gasteiger partial charge in [-0.25, -0.2) is 0 Å². The topological polar surface area (TPSA) is 52.3 Å². The predicted molar refractivity (Wildman–Crippen MR) is 69.7 cm³/mol. The highest BCUT2D eigenvalue weighted by Gasteiger charge is 2.35. The van der Waals surface area contributed by atoms with Crippen LogP contribution in [0, 0.1) is 5.92 Å². The molecule has 1 unspecified atom stereocenters. The van der Waals surface area contributed by atoms with E-state index in [1.165, 1.54) is 12.8 Å². The third-order valence-electron chi connectivity index (χ3n) is 3.87. The molecule has 1 fully saturated rings. The number of ether oxygens (including phenoxy) is 1. The van der Waals surface area contributed by atoms with Gasteiger partial charge in [0, 0.05) is 5.54 Å². The molecule has 0 aromatic carbocycles. The molecule has 0 amide bonds. The molecule has 1 saturated carbocycles. The Balaban J connectivity index is 2.17. The van der Waals surface area contributed by atoms with E-state index in [-0.39, 0.29) is 11.5 Å². The van der Waals surface area contributed by atoms with Gasteiger partial charge in [-0.1, -0.05) is 33.1 Å². The standard InChI is InChI=1S/C14H27NO2/c1-3-5-7-12(4-2)11-17-13(16)10-14(15)8-6-9-14/h12H,3-11,15H2,1-2H3. The summed E-state index contributed by atoms with van der Waals surface area (Å²) in [4.78, 5) is 11.6. The molecule has 0 spiro atoms. The maximum atomic E-state index is 11.6. The van der Waals surface area contributed by atoms with Crippen molar-refractivity contribution < 1.29 is 9.53 Å². The first-order chi connectivity index (χ1) is 8.09. The zero-order chi connectivity index (χ0) is 12.7. The average molecular weight is 241 g/mol. The summed E-state index contributed by atoms with van der Waals surface area (Å²) >= 11 is 0. The van der Waals surface area contributed by atoms with Gasteiger partial charge in [-0.05, 0) is 31.6 Å². The molecule has 1 aliphatic rings. The van der Waals surface area contributed by atoms with Gasteiger partial charge in [0.05, 0.1) is 13.0 Å². The number of unbranched alkanes of at least 4 members (excludes halogenated alkanes) is 1. The van der Waals surface area contributed by atoms with Gasteiger partial charge < -0.3 is 10.5 Å². The Bertz CT molecular complexity index is 236. The summed E-state index contributed by atoms with van der Waals surface area (Å²) in [6, 6.07) is 0. The van der Waals surface area contributed by atoms with E-state index in [2.05, 4.69) is 13.8 Å². The fraction of sp³-hybridized carbons (Fsp3) is 0.929. The van der Waals surface area contributed by atoms with Crippen LogP contribution in [0.2, 0.25) is 0 Å². The minimum atomic E-state index is -0.248. The van der Waals surface area contributed by atoms with Crippen molar-refractivity contribution in [2.24, 2.45) is 11.7 Å². The van der Waals surface area contributed by atoms with Crippen molar-refractivity contribution in [3.05, 3.63) is 0 Å². The van der Waals surface area contributed by atoms with E-state index in [9.17, 15) is 4.79 Å². The van der Waals surface area contributed by atoms with Gasteiger partial charge in [-0.2, -0.15) is 0 Å². The first-order valence-corrected chi connectivity index (χ1v) is 7.04. The number of hydrogen-bond donors (Lipinski definition) is 1. The van der Waals surface area contributed by atoms with Gasteiger partial charge in [0.1, 0.15) is 0 Å². The number of hydrogen-bond acceptors (Lipinski definition) is 3. The number of rotatable bonds is 8. The molecule has 1 aliphatic carbocycles. The van der Waals surface area contributed by atoms with E-state index in [0.717, 1.165) is 32.1 Å². The van der Waals surface area contributed by atoms with E-state index in [1.54, 1.807) is 0 Å². The molecule has 0 saturated heterocycles. The molecule has 2 N–H and O–H groups in total. The van der Waals surface area contributed by atoms with Crippen molar-refractivity contribution in [2.75, 3.05) is 6.61 Å². The van der Waals surface area contributed by atoms with Crippen LogP contribution in [0.1, 0.15) is 65.2 Å². The third kappa shape index (κ3) is 5.07. The van der Waals surface area contributed by atoms with Gasteiger partial charge in [-0.15, -0.1) is 0 Å². The lowest BCUT2D eigenvalue weighted by Crippen LogP contribution is -2.48. The molecule has 3 nitrogen and oxygen atoms in total. The lowest BCUT2D eigenvalue weighted by molar-refractivity contribution is -0.147. The first-order valence-electron chi connectivity index (χ1n) is 7.04. The molecule has 0 aliphatic heterocycles. The molecule has 3 heteroatoms. The second-order valence-electron chi connectivity index (χ2n) is 5.49. The molecule has 100 valence electrons. The zero-order valence-electron chi connectivity index (χ0n) is 11.3. The predicted octanol–water partition coefficient (Wildman–Crippen LogP) is 3.02. The first kappa shape index (κ1) is 14.5. The Hall–Kier alpha value is -0.570. The number of carbonyl (C=O) groups excluding carboxylic acids is 1. The minimum absolute atomic E-state index is 0.109. The Morgan fingerprint density at radius 3 is 2.59 bits per heavy atom. The van der Waals surface area contributed by atoms with Crippen LogP contribution in [-0.4, -0.2) is 18.1 Å². The van der Waals surface area contributed by atoms with Crippen LogP contribution in [0.5, 0.6) is 0 Å². The van der Waals surface area contributed by atoms with Crippen LogP contribution in [0.25, 0.3) is 0 Å². The van der Waals surface area contributed by atoms with Crippen LogP contribution in [0.3, 0.4) is 0 Å². The fourth-order valence-electron chi connectivity index (χ4n) is 2.26. The number of nitrogens with two attached hydrogens (primary N) is 1. The zero-order valence-corrected chi connectivity index (χ0v) is 11.3. The summed E-state index contributed by atoms with van der Waals surface area (Å²) in [5, 5.41) is 0. The largest absolute Gasteiger partial charge is 0.465 e. The fourth-order valence-corrected chi connectivity index (χ4v) is 2.26. The van der Waals surface area contributed by atoms with E-state index >= 15 is 0 Å². The molecular formula is C14H27NO2. The van der Waals surface area contributed by atoms with Gasteiger partial charge in [0.25, 0.3) is 0 Å². The molecule has 0 radical (unpaired) electrons. The summed E-state index contributed by atoms with van der Waals surface area (Å²) < 4.78 is 5.34. The maximum absolute atomic E-state index is 11.6. The van der Waals surface area contributed by atoms with Gasteiger partial charge in [0.2, 0.25) is 0 Å². The van der Waals surface area contributed by atoms with Crippen molar-refractivity contribution >= 4 is 5.97 Å². The molecule has 1 rings (SSSR count). The Morgan fingerprint density at radius 2 is 2.12 bits per heavy atom. The van der Waals surface area contributed by atoms with Gasteiger partial charge in [0.15, 0.2) is 0 Å². The molecule has 0 heterocycles. The van der Waals surface area contributed by atoms with Gasteiger partial charge in [-0.3, -0.25) is 4.79 Å². The molecule has 1 atom stereocenters. The van der Waals surface area contributed by atoms with Crippen LogP contribution < -0.4 is 5.73 Å². The van der Waals surface area contributed by atoms with Crippen molar-refractivity contribution in [3.63, 3.8) is 0 Å². The molecule has 0 aromatic rings. The summed E-state index contributed by atoms with van der Waals surface area (Å²) in [5.74, 6) is 0.413. The van der Waals surface area contributed by atoms with Crippen molar-refractivity contribution in [1.82, 2.24) is 0 Å². The van der Waals surface area contributed by atoms with Crippen molar-refractivity contribution in [1.29, 1.82) is 0 Å². The average Bonchev–Trinajstić information content (AvgIpc) is 2.27. The summed E-state index contributed by atoms with van der Waals surface area (Å²) in [7, 11) is 0. The van der Waals surface area contributed by atoms with Crippen LogP contribution in [-0.2, 0) is 9.53 Å². The highest BCUT2D eigenvalue weighted by molar-refractivity contribution is 5.71. The van der Waals surface area contributed by atoms with Crippen LogP contribution >= 0.6 is 0 Å². The minimum Gasteiger partial charge on any atom is -0.465 e. The summed E-state index contributed by atoms with van der Waals surface area (Å²) in [5.41, 5.74) is 5.77.